The molecular formula is C44H91N3O5P+. The third-order valence-corrected chi connectivity index (χ3v) is 11.8. The van der Waals surface area contributed by atoms with Crippen molar-refractivity contribution in [3.8, 4) is 0 Å². The van der Waals surface area contributed by atoms with Crippen molar-refractivity contribution in [3.05, 3.63) is 0 Å². The second-order valence-electron chi connectivity index (χ2n) is 17.1. The summed E-state index contributed by atoms with van der Waals surface area (Å²) < 4.78 is 18.7. The molecule has 316 valence electrons. The number of hydrogen-bond donors (Lipinski definition) is 3. The highest BCUT2D eigenvalue weighted by Crippen LogP contribution is 2.41. The number of unbranched alkanes of at least 4 members (excludes halogenated alkanes) is 28. The number of hydrogen-bond acceptors (Lipinski definition) is 4. The summed E-state index contributed by atoms with van der Waals surface area (Å²) in [7, 11) is 2.09. The Morgan fingerprint density at radius 1 is 0.547 bits per heavy atom. The van der Waals surface area contributed by atoms with Gasteiger partial charge in [-0.2, -0.15) is 0 Å². The number of carbonyl (C=O) groups excluding carboxylic acids is 2. The minimum Gasteiger partial charge on any atom is -0.354 e. The van der Waals surface area contributed by atoms with Crippen LogP contribution in [-0.2, 0) is 18.7 Å². The Balaban J connectivity index is 4.25. The van der Waals surface area contributed by atoms with E-state index < -0.39 is 13.6 Å². The highest BCUT2D eigenvalue weighted by atomic mass is 31.2. The molecule has 0 aromatic rings. The molecule has 0 aliphatic heterocycles. The first-order chi connectivity index (χ1) is 25.5. The molecule has 0 spiro atoms. The number of carbonyl (C=O) groups is 2. The van der Waals surface area contributed by atoms with E-state index in [1.807, 2.05) is 21.1 Å². The molecule has 1 unspecified atom stereocenters. The van der Waals surface area contributed by atoms with Crippen LogP contribution in [0.1, 0.15) is 219 Å². The quantitative estimate of drug-likeness (QED) is 0.0326. The maximum atomic E-state index is 12.8. The van der Waals surface area contributed by atoms with Gasteiger partial charge in [-0.05, 0) is 12.8 Å². The average molecular weight is 773 g/mol. The van der Waals surface area contributed by atoms with E-state index in [2.05, 4.69) is 24.5 Å². The molecule has 0 aromatic carbocycles. The molecule has 9 heteroatoms. The van der Waals surface area contributed by atoms with Crippen LogP contribution >= 0.6 is 7.60 Å². The van der Waals surface area contributed by atoms with E-state index in [0.29, 0.717) is 23.9 Å². The van der Waals surface area contributed by atoms with E-state index in [1.54, 1.807) is 0 Å². The molecule has 0 saturated heterocycles. The molecule has 0 fully saturated rings. The molecule has 0 saturated carbocycles. The van der Waals surface area contributed by atoms with Crippen molar-refractivity contribution in [2.45, 2.75) is 225 Å². The van der Waals surface area contributed by atoms with Crippen LogP contribution in [0.2, 0.25) is 0 Å². The molecule has 53 heavy (non-hydrogen) atoms. The Hall–Kier alpha value is -0.950. The molecular weight excluding hydrogens is 681 g/mol. The van der Waals surface area contributed by atoms with E-state index in [-0.39, 0.29) is 31.1 Å². The molecule has 0 heterocycles. The summed E-state index contributed by atoms with van der Waals surface area (Å²) >= 11 is 0. The van der Waals surface area contributed by atoms with Crippen molar-refractivity contribution >= 4 is 19.4 Å². The predicted octanol–water partition coefficient (Wildman–Crippen LogP) is 12.0. The van der Waals surface area contributed by atoms with E-state index in [9.17, 15) is 19.0 Å². The molecule has 3 N–H and O–H groups in total. The Kier molecular flexibility index (Phi) is 36.0. The first kappa shape index (κ1) is 52.0. The lowest BCUT2D eigenvalue weighted by Crippen LogP contribution is -2.46. The van der Waals surface area contributed by atoms with E-state index >= 15 is 0 Å². The fraction of sp³-hybridized carbons (Fsp3) is 0.955. The summed E-state index contributed by atoms with van der Waals surface area (Å²) in [4.78, 5) is 35.9. The first-order valence-corrected chi connectivity index (χ1v) is 24.6. The second-order valence-corrected chi connectivity index (χ2v) is 19.1. The summed E-state index contributed by atoms with van der Waals surface area (Å²) in [6, 6.07) is -0.548. The van der Waals surface area contributed by atoms with Gasteiger partial charge in [0.1, 0.15) is 0 Å². The van der Waals surface area contributed by atoms with Crippen LogP contribution in [0.3, 0.4) is 0 Å². The number of nitrogens with one attached hydrogen (secondary N) is 2. The lowest BCUT2D eigenvalue weighted by Gasteiger charge is -2.26. The third kappa shape index (κ3) is 40.5. The lowest BCUT2D eigenvalue weighted by molar-refractivity contribution is -0.867. The molecule has 2 amide bonds. The predicted molar refractivity (Wildman–Crippen MR) is 228 cm³/mol. The first-order valence-electron chi connectivity index (χ1n) is 22.8. The van der Waals surface area contributed by atoms with Crippen molar-refractivity contribution in [3.63, 3.8) is 0 Å². The maximum Gasteiger partial charge on any atom is 0.333 e. The van der Waals surface area contributed by atoms with Gasteiger partial charge < -0.3 is 24.5 Å². The molecule has 0 radical (unpaired) electrons. The average Bonchev–Trinajstić information content (AvgIpc) is 3.11. The van der Waals surface area contributed by atoms with Crippen LogP contribution in [0, 0.1) is 0 Å². The number of amides is 2. The molecule has 8 nitrogen and oxygen atoms in total. The SMILES string of the molecule is CCCCCCCCCCCCCCCCCC(=O)NC[C@H](COP(=O)(O)CC[N+](C)(C)C)NC(=O)CCCCCCCCCCCCCCCCC. The monoisotopic (exact) mass is 773 g/mol. The molecule has 0 aliphatic carbocycles. The summed E-state index contributed by atoms with van der Waals surface area (Å²) in [5.41, 5.74) is 0. The van der Waals surface area contributed by atoms with Gasteiger partial charge in [-0.25, -0.2) is 0 Å². The molecule has 2 atom stereocenters. The highest BCUT2D eigenvalue weighted by Gasteiger charge is 2.26. The van der Waals surface area contributed by atoms with Crippen LogP contribution in [0.5, 0.6) is 0 Å². The maximum absolute atomic E-state index is 12.8. The number of quaternary nitrogens is 1. The summed E-state index contributed by atoms with van der Waals surface area (Å²) in [5.74, 6) is -0.136. The molecule has 0 aliphatic rings. The van der Waals surface area contributed by atoms with Gasteiger partial charge in [0.15, 0.2) is 0 Å². The smallest absolute Gasteiger partial charge is 0.333 e. The standard InChI is InChI=1S/C44H90N3O5P/c1-6-8-10-12-14-16-18-20-22-24-26-28-30-32-34-36-43(48)45-40-42(41-52-53(50,51)39-38-47(3,4)5)46-44(49)37-35-33-31-29-27-25-23-21-19-17-15-13-11-9-7-2/h42H,6-41H2,1-5H3,(H2-,45,46,48,49,50,51)/p+1/t42-/m1/s1. The minimum atomic E-state index is -3.81. The zero-order valence-corrected chi connectivity index (χ0v) is 36.9. The van der Waals surface area contributed by atoms with Crippen LogP contribution in [0.15, 0.2) is 0 Å². The van der Waals surface area contributed by atoms with Crippen LogP contribution < -0.4 is 10.6 Å². The lowest BCUT2D eigenvalue weighted by atomic mass is 10.0. The van der Waals surface area contributed by atoms with Gasteiger partial charge in [0, 0.05) is 19.4 Å². The van der Waals surface area contributed by atoms with Gasteiger partial charge in [-0.1, -0.05) is 194 Å². The Morgan fingerprint density at radius 3 is 1.21 bits per heavy atom. The van der Waals surface area contributed by atoms with E-state index in [1.165, 1.54) is 154 Å². The fourth-order valence-corrected chi connectivity index (χ4v) is 8.18. The highest BCUT2D eigenvalue weighted by molar-refractivity contribution is 7.52. The largest absolute Gasteiger partial charge is 0.354 e. The van der Waals surface area contributed by atoms with Gasteiger partial charge in [0.05, 0.1) is 46.5 Å². The zero-order chi connectivity index (χ0) is 39.3. The molecule has 0 aromatic heterocycles. The van der Waals surface area contributed by atoms with Crippen LogP contribution in [0.4, 0.5) is 0 Å². The van der Waals surface area contributed by atoms with Crippen molar-refractivity contribution in [2.75, 3.05) is 47.0 Å². The van der Waals surface area contributed by atoms with Gasteiger partial charge >= 0.3 is 7.60 Å². The van der Waals surface area contributed by atoms with Crippen molar-refractivity contribution in [1.82, 2.24) is 10.6 Å². The third-order valence-electron chi connectivity index (χ3n) is 10.5. The number of nitrogens with zero attached hydrogens (tertiary/aromatic N) is 1. The Morgan fingerprint density at radius 2 is 0.868 bits per heavy atom. The topological polar surface area (TPSA) is 105 Å². The number of rotatable bonds is 41. The normalized spacial score (nSPS) is 13.5. The van der Waals surface area contributed by atoms with Gasteiger partial charge in [-0.3, -0.25) is 14.2 Å². The zero-order valence-electron chi connectivity index (χ0n) is 36.0. The summed E-state index contributed by atoms with van der Waals surface area (Å²) in [6.07, 6.45) is 39.4. The van der Waals surface area contributed by atoms with Gasteiger partial charge in [-0.15, -0.1) is 0 Å². The second kappa shape index (κ2) is 36.7. The minimum absolute atomic E-state index is 0.0430. The van der Waals surface area contributed by atoms with Gasteiger partial charge in [0.25, 0.3) is 0 Å². The van der Waals surface area contributed by atoms with Crippen LogP contribution in [-0.4, -0.2) is 74.2 Å². The van der Waals surface area contributed by atoms with E-state index in [0.717, 1.165) is 38.5 Å². The molecule has 0 bridgehead atoms. The Labute approximate surface area is 329 Å². The van der Waals surface area contributed by atoms with Crippen molar-refractivity contribution in [2.24, 2.45) is 0 Å². The van der Waals surface area contributed by atoms with Crippen molar-refractivity contribution in [1.29, 1.82) is 0 Å². The van der Waals surface area contributed by atoms with E-state index in [4.69, 9.17) is 4.52 Å². The fourth-order valence-electron chi connectivity index (χ4n) is 6.79. The summed E-state index contributed by atoms with van der Waals surface area (Å²) in [6.45, 7) is 5.13. The van der Waals surface area contributed by atoms with Gasteiger partial charge in [0.2, 0.25) is 11.8 Å². The van der Waals surface area contributed by atoms with Crippen molar-refractivity contribution < 1.29 is 28.1 Å². The Bertz CT molecular complexity index is 882. The summed E-state index contributed by atoms with van der Waals surface area (Å²) in [5, 5.41) is 5.92. The molecule has 0 rings (SSSR count). The van der Waals surface area contributed by atoms with Crippen LogP contribution in [0.25, 0.3) is 0 Å².